The van der Waals surface area contributed by atoms with Crippen molar-refractivity contribution in [2.75, 3.05) is 39.9 Å². The van der Waals surface area contributed by atoms with E-state index >= 15 is 0 Å². The molecule has 1 fully saturated rings. The molecule has 1 aromatic carbocycles. The van der Waals surface area contributed by atoms with Crippen LogP contribution in [0.25, 0.3) is 0 Å². The number of fused-ring (bicyclic) bond motifs is 1. The van der Waals surface area contributed by atoms with Gasteiger partial charge < -0.3 is 19.7 Å². The predicted molar refractivity (Wildman–Crippen MR) is 125 cm³/mol. The normalized spacial score (nSPS) is 18.5. The number of hydrogen-bond donors (Lipinski definition) is 1. The first-order chi connectivity index (χ1) is 13.6. The number of ether oxygens (including phenoxy) is 2. The lowest BCUT2D eigenvalue weighted by Crippen LogP contribution is -2.40. The molecule has 0 spiro atoms. The molecule has 1 N–H and O–H groups in total. The molecule has 1 saturated heterocycles. The maximum atomic E-state index is 6.33. The predicted octanol–water partition coefficient (Wildman–Crippen LogP) is 3.07. The highest BCUT2D eigenvalue weighted by atomic mass is 127. The fraction of sp³-hybridized carbons (Fsp3) is 0.500. The van der Waals surface area contributed by atoms with Crippen LogP contribution in [0.2, 0.25) is 5.02 Å². The van der Waals surface area contributed by atoms with Gasteiger partial charge in [-0.15, -0.1) is 24.0 Å². The number of benzene rings is 1. The Kier molecular flexibility index (Phi) is 7.50. The molecule has 4 rings (SSSR count). The maximum absolute atomic E-state index is 6.33. The van der Waals surface area contributed by atoms with Gasteiger partial charge in [0.15, 0.2) is 17.5 Å². The molecule has 29 heavy (non-hydrogen) atoms. The Morgan fingerprint density at radius 1 is 1.34 bits per heavy atom. The highest BCUT2D eigenvalue weighted by Gasteiger charge is 2.26. The number of nitrogens with zero attached hydrogens (tertiary/aromatic N) is 4. The van der Waals surface area contributed by atoms with Crippen molar-refractivity contribution in [3.05, 3.63) is 40.7 Å². The van der Waals surface area contributed by atoms with E-state index in [-0.39, 0.29) is 24.0 Å². The molecule has 7 nitrogen and oxygen atoms in total. The molecule has 9 heteroatoms. The number of aryl methyl sites for hydroxylation is 1. The number of guanidine groups is 1. The van der Waals surface area contributed by atoms with E-state index in [0.29, 0.717) is 29.9 Å². The number of halogens is 2. The first-order valence-electron chi connectivity index (χ1n) is 9.66. The molecule has 0 radical (unpaired) electrons. The zero-order valence-electron chi connectivity index (χ0n) is 16.7. The number of aliphatic imine (C=N–C) groups is 1. The molecular formula is C20H27ClIN5O2. The Bertz CT molecular complexity index is 873. The summed E-state index contributed by atoms with van der Waals surface area (Å²) in [6.07, 6.45) is 6.02. The number of hydrogen-bond acceptors (Lipinski definition) is 4. The Hall–Kier alpha value is -1.68. The van der Waals surface area contributed by atoms with Crippen molar-refractivity contribution in [2.24, 2.45) is 12.0 Å². The van der Waals surface area contributed by atoms with Crippen LogP contribution in [0.3, 0.4) is 0 Å². The molecule has 2 aromatic rings. The molecule has 1 aromatic heterocycles. The summed E-state index contributed by atoms with van der Waals surface area (Å²) in [6, 6.07) is 3.97. The van der Waals surface area contributed by atoms with Gasteiger partial charge in [0.1, 0.15) is 13.2 Å². The zero-order valence-corrected chi connectivity index (χ0v) is 19.8. The summed E-state index contributed by atoms with van der Waals surface area (Å²) in [7, 11) is 3.79. The van der Waals surface area contributed by atoms with E-state index in [0.717, 1.165) is 49.7 Å². The second-order valence-electron chi connectivity index (χ2n) is 7.20. The zero-order chi connectivity index (χ0) is 19.5. The van der Waals surface area contributed by atoms with Crippen LogP contribution in [0.5, 0.6) is 11.5 Å². The van der Waals surface area contributed by atoms with Gasteiger partial charge in [-0.1, -0.05) is 11.6 Å². The molecule has 2 aliphatic rings. The van der Waals surface area contributed by atoms with Crippen LogP contribution >= 0.6 is 35.6 Å². The van der Waals surface area contributed by atoms with Gasteiger partial charge >= 0.3 is 0 Å². The third-order valence-corrected chi connectivity index (χ3v) is 5.53. The largest absolute Gasteiger partial charge is 0.486 e. The highest BCUT2D eigenvalue weighted by molar-refractivity contribution is 14.0. The molecule has 0 aliphatic carbocycles. The highest BCUT2D eigenvalue weighted by Crippen LogP contribution is 2.38. The Morgan fingerprint density at radius 2 is 2.17 bits per heavy atom. The number of aromatic nitrogens is 2. The fourth-order valence-electron chi connectivity index (χ4n) is 3.84. The van der Waals surface area contributed by atoms with Gasteiger partial charge in [-0.3, -0.25) is 9.67 Å². The minimum Gasteiger partial charge on any atom is -0.486 e. The van der Waals surface area contributed by atoms with E-state index in [1.54, 1.807) is 0 Å². The standard InChI is InChI=1S/C20H26ClN5O2.HI/c1-22-20(26-6-4-15(13-26)16-11-24-25(2)12-16)23-5-3-14-9-17(21)19-18(10-14)27-7-8-28-19;/h9-12,15H,3-8,13H2,1-2H3,(H,22,23);1H. The van der Waals surface area contributed by atoms with Gasteiger partial charge in [0.2, 0.25) is 0 Å². The summed E-state index contributed by atoms with van der Waals surface area (Å²) in [5, 5.41) is 8.38. The molecule has 3 heterocycles. The third-order valence-electron chi connectivity index (χ3n) is 5.25. The number of nitrogens with one attached hydrogen (secondary N) is 1. The lowest BCUT2D eigenvalue weighted by Gasteiger charge is -2.22. The van der Waals surface area contributed by atoms with Crippen molar-refractivity contribution in [3.63, 3.8) is 0 Å². The van der Waals surface area contributed by atoms with Crippen molar-refractivity contribution < 1.29 is 9.47 Å². The summed E-state index contributed by atoms with van der Waals surface area (Å²) in [6.45, 7) is 3.83. The summed E-state index contributed by atoms with van der Waals surface area (Å²) in [5.74, 6) is 2.83. The summed E-state index contributed by atoms with van der Waals surface area (Å²) in [5.41, 5.74) is 2.42. The molecule has 158 valence electrons. The Morgan fingerprint density at radius 3 is 2.93 bits per heavy atom. The lowest BCUT2D eigenvalue weighted by atomic mass is 10.0. The van der Waals surface area contributed by atoms with E-state index in [2.05, 4.69) is 26.5 Å². The summed E-state index contributed by atoms with van der Waals surface area (Å²) < 4.78 is 13.1. The van der Waals surface area contributed by atoms with Crippen LogP contribution in [-0.4, -0.2) is 60.5 Å². The molecular weight excluding hydrogens is 505 g/mol. The number of rotatable bonds is 4. The molecule has 0 amide bonds. The second kappa shape index (κ2) is 9.88. The average Bonchev–Trinajstić information content (AvgIpc) is 3.34. The monoisotopic (exact) mass is 531 g/mol. The van der Waals surface area contributed by atoms with E-state index in [9.17, 15) is 0 Å². The van der Waals surface area contributed by atoms with Crippen LogP contribution in [0.15, 0.2) is 29.5 Å². The average molecular weight is 532 g/mol. The lowest BCUT2D eigenvalue weighted by molar-refractivity contribution is 0.171. The van der Waals surface area contributed by atoms with E-state index < -0.39 is 0 Å². The Labute approximate surface area is 193 Å². The van der Waals surface area contributed by atoms with Gasteiger partial charge in [0, 0.05) is 45.8 Å². The Balaban J connectivity index is 0.00000240. The van der Waals surface area contributed by atoms with Gasteiger partial charge in [0.25, 0.3) is 0 Å². The van der Waals surface area contributed by atoms with Crippen LogP contribution < -0.4 is 14.8 Å². The van der Waals surface area contributed by atoms with Gasteiger partial charge in [-0.2, -0.15) is 5.10 Å². The van der Waals surface area contributed by atoms with Crippen LogP contribution in [0.1, 0.15) is 23.5 Å². The van der Waals surface area contributed by atoms with Crippen LogP contribution in [-0.2, 0) is 13.5 Å². The number of likely N-dealkylation sites (tertiary alicyclic amines) is 1. The summed E-state index contributed by atoms with van der Waals surface area (Å²) in [4.78, 5) is 6.78. The maximum Gasteiger partial charge on any atom is 0.193 e. The quantitative estimate of drug-likeness (QED) is 0.373. The first-order valence-corrected chi connectivity index (χ1v) is 10.0. The minimum atomic E-state index is 0. The first kappa shape index (κ1) is 22.0. The molecule has 2 aliphatic heterocycles. The van der Waals surface area contributed by atoms with Crippen molar-refractivity contribution >= 4 is 41.5 Å². The molecule has 0 saturated carbocycles. The third kappa shape index (κ3) is 5.09. The van der Waals surface area contributed by atoms with E-state index in [4.69, 9.17) is 21.1 Å². The van der Waals surface area contributed by atoms with Gasteiger partial charge in [-0.25, -0.2) is 0 Å². The van der Waals surface area contributed by atoms with Gasteiger partial charge in [0.05, 0.1) is 11.2 Å². The fourth-order valence-corrected chi connectivity index (χ4v) is 4.12. The second-order valence-corrected chi connectivity index (χ2v) is 7.61. The van der Waals surface area contributed by atoms with Crippen molar-refractivity contribution in [1.82, 2.24) is 20.0 Å². The van der Waals surface area contributed by atoms with Gasteiger partial charge in [-0.05, 0) is 36.1 Å². The van der Waals surface area contributed by atoms with Crippen LogP contribution in [0.4, 0.5) is 0 Å². The van der Waals surface area contributed by atoms with Crippen molar-refractivity contribution in [2.45, 2.75) is 18.8 Å². The molecule has 0 bridgehead atoms. The van der Waals surface area contributed by atoms with Crippen LogP contribution in [0, 0.1) is 0 Å². The molecule has 1 unspecified atom stereocenters. The molecule has 1 atom stereocenters. The van der Waals surface area contributed by atoms with Crippen molar-refractivity contribution in [3.8, 4) is 11.5 Å². The smallest absolute Gasteiger partial charge is 0.193 e. The SMILES string of the molecule is CN=C(NCCc1cc(Cl)c2c(c1)OCCO2)N1CCC(c2cnn(C)c2)C1.I. The van der Waals surface area contributed by atoms with E-state index in [1.807, 2.05) is 37.1 Å². The topological polar surface area (TPSA) is 63.9 Å². The van der Waals surface area contributed by atoms with Crippen molar-refractivity contribution in [1.29, 1.82) is 0 Å². The van der Waals surface area contributed by atoms with E-state index in [1.165, 1.54) is 5.56 Å². The summed E-state index contributed by atoms with van der Waals surface area (Å²) >= 11 is 6.33. The minimum absolute atomic E-state index is 0.